The molecular formula is C12H25N3. The van der Waals surface area contributed by atoms with Gasteiger partial charge in [0, 0.05) is 25.2 Å². The average molecular weight is 211 g/mol. The lowest BCUT2D eigenvalue weighted by Crippen LogP contribution is -2.34. The van der Waals surface area contributed by atoms with E-state index < -0.39 is 0 Å². The van der Waals surface area contributed by atoms with E-state index in [9.17, 15) is 0 Å². The first-order valence-electron chi connectivity index (χ1n) is 6.52. The van der Waals surface area contributed by atoms with Crippen molar-refractivity contribution in [1.29, 1.82) is 0 Å². The van der Waals surface area contributed by atoms with E-state index in [4.69, 9.17) is 0 Å². The number of nitrogens with zero attached hydrogens (tertiary/aromatic N) is 1. The van der Waals surface area contributed by atoms with Gasteiger partial charge in [-0.3, -0.25) is 4.90 Å². The Morgan fingerprint density at radius 1 is 1.13 bits per heavy atom. The van der Waals surface area contributed by atoms with Crippen LogP contribution < -0.4 is 10.6 Å². The van der Waals surface area contributed by atoms with Crippen molar-refractivity contribution in [3.05, 3.63) is 0 Å². The summed E-state index contributed by atoms with van der Waals surface area (Å²) in [6, 6.07) is 1.74. The molecule has 1 unspecified atom stereocenters. The highest BCUT2D eigenvalue weighted by Gasteiger charge is 2.33. The van der Waals surface area contributed by atoms with E-state index in [1.165, 1.54) is 51.7 Å². The first kappa shape index (κ1) is 11.4. The van der Waals surface area contributed by atoms with Crippen LogP contribution in [0, 0.1) is 0 Å². The fourth-order valence-corrected chi connectivity index (χ4v) is 2.46. The molecule has 0 aromatic rings. The summed E-state index contributed by atoms with van der Waals surface area (Å²) >= 11 is 0. The minimum atomic E-state index is 0.778. The third kappa shape index (κ3) is 3.74. The van der Waals surface area contributed by atoms with Crippen LogP contribution in [0.2, 0.25) is 0 Å². The van der Waals surface area contributed by atoms with Crippen molar-refractivity contribution < 1.29 is 0 Å². The molecule has 2 N–H and O–H groups in total. The van der Waals surface area contributed by atoms with E-state index in [0.29, 0.717) is 0 Å². The van der Waals surface area contributed by atoms with Crippen LogP contribution in [-0.2, 0) is 0 Å². The first-order chi connectivity index (χ1) is 7.40. The molecule has 1 heterocycles. The molecule has 0 aromatic carbocycles. The third-order valence-corrected chi connectivity index (χ3v) is 3.57. The standard InChI is InChI=1S/C12H25N3/c1-13-7-2-3-8-14-11-6-9-15(10-11)12-4-5-12/h11-14H,2-10H2,1H3. The second-order valence-electron chi connectivity index (χ2n) is 4.98. The number of hydrogen-bond acceptors (Lipinski definition) is 3. The highest BCUT2D eigenvalue weighted by molar-refractivity contribution is 4.91. The highest BCUT2D eigenvalue weighted by atomic mass is 15.2. The van der Waals surface area contributed by atoms with Gasteiger partial charge in [0.1, 0.15) is 0 Å². The van der Waals surface area contributed by atoms with Crippen molar-refractivity contribution in [2.45, 2.75) is 44.2 Å². The molecule has 1 saturated heterocycles. The maximum atomic E-state index is 3.68. The van der Waals surface area contributed by atoms with Gasteiger partial charge in [0.05, 0.1) is 0 Å². The second-order valence-corrected chi connectivity index (χ2v) is 4.98. The van der Waals surface area contributed by atoms with Gasteiger partial charge in [0.25, 0.3) is 0 Å². The number of hydrogen-bond donors (Lipinski definition) is 2. The van der Waals surface area contributed by atoms with Gasteiger partial charge < -0.3 is 10.6 Å². The summed E-state index contributed by atoms with van der Waals surface area (Å²) in [6.07, 6.45) is 6.87. The zero-order valence-corrected chi connectivity index (χ0v) is 9.97. The quantitative estimate of drug-likeness (QED) is 0.610. The molecule has 0 amide bonds. The molecule has 0 radical (unpaired) electrons. The van der Waals surface area contributed by atoms with E-state index in [2.05, 4.69) is 15.5 Å². The Morgan fingerprint density at radius 2 is 1.93 bits per heavy atom. The van der Waals surface area contributed by atoms with Gasteiger partial charge >= 0.3 is 0 Å². The van der Waals surface area contributed by atoms with Crippen molar-refractivity contribution in [3.8, 4) is 0 Å². The Hall–Kier alpha value is -0.120. The maximum absolute atomic E-state index is 3.68. The van der Waals surface area contributed by atoms with Gasteiger partial charge in [-0.15, -0.1) is 0 Å². The van der Waals surface area contributed by atoms with Crippen molar-refractivity contribution >= 4 is 0 Å². The molecule has 0 spiro atoms. The van der Waals surface area contributed by atoms with Gasteiger partial charge in [0.2, 0.25) is 0 Å². The summed E-state index contributed by atoms with van der Waals surface area (Å²) < 4.78 is 0. The van der Waals surface area contributed by atoms with Crippen molar-refractivity contribution in [2.75, 3.05) is 33.2 Å². The van der Waals surface area contributed by atoms with Crippen LogP contribution in [-0.4, -0.2) is 50.2 Å². The topological polar surface area (TPSA) is 27.3 Å². The van der Waals surface area contributed by atoms with Crippen LogP contribution >= 0.6 is 0 Å². The van der Waals surface area contributed by atoms with E-state index in [0.717, 1.165) is 18.6 Å². The molecule has 3 nitrogen and oxygen atoms in total. The number of rotatable bonds is 7. The smallest absolute Gasteiger partial charge is 0.0207 e. The summed E-state index contributed by atoms with van der Waals surface area (Å²) in [5, 5.41) is 6.87. The zero-order chi connectivity index (χ0) is 10.5. The van der Waals surface area contributed by atoms with Crippen molar-refractivity contribution in [2.24, 2.45) is 0 Å². The average Bonchev–Trinajstić information content (AvgIpc) is 2.99. The SMILES string of the molecule is CNCCCCNC1CCN(C2CC2)C1. The Balaban J connectivity index is 1.49. The second kappa shape index (κ2) is 5.83. The van der Waals surface area contributed by atoms with E-state index in [-0.39, 0.29) is 0 Å². The normalized spacial score (nSPS) is 27.4. The molecule has 0 bridgehead atoms. The van der Waals surface area contributed by atoms with Gasteiger partial charge in [0.15, 0.2) is 0 Å². The summed E-state index contributed by atoms with van der Waals surface area (Å²) in [6.45, 7) is 4.99. The Bertz CT molecular complexity index is 180. The molecule has 15 heavy (non-hydrogen) atoms. The summed E-state index contributed by atoms with van der Waals surface area (Å²) in [7, 11) is 2.03. The fourth-order valence-electron chi connectivity index (χ4n) is 2.46. The lowest BCUT2D eigenvalue weighted by atomic mass is 10.2. The molecule has 1 atom stereocenters. The van der Waals surface area contributed by atoms with Crippen LogP contribution in [0.4, 0.5) is 0 Å². The predicted molar refractivity (Wildman–Crippen MR) is 64.2 cm³/mol. The molecule has 3 heteroatoms. The van der Waals surface area contributed by atoms with Gasteiger partial charge in [-0.2, -0.15) is 0 Å². The van der Waals surface area contributed by atoms with E-state index in [1.54, 1.807) is 0 Å². The minimum absolute atomic E-state index is 0.778. The summed E-state index contributed by atoms with van der Waals surface area (Å²) in [5.74, 6) is 0. The van der Waals surface area contributed by atoms with Crippen molar-refractivity contribution in [3.63, 3.8) is 0 Å². The molecule has 2 aliphatic rings. The molecule has 1 saturated carbocycles. The van der Waals surface area contributed by atoms with E-state index in [1.807, 2.05) is 7.05 Å². The summed E-state index contributed by atoms with van der Waals surface area (Å²) in [5.41, 5.74) is 0. The number of likely N-dealkylation sites (tertiary alicyclic amines) is 1. The Labute approximate surface area is 93.6 Å². The zero-order valence-electron chi connectivity index (χ0n) is 9.97. The van der Waals surface area contributed by atoms with Crippen LogP contribution in [0.25, 0.3) is 0 Å². The van der Waals surface area contributed by atoms with E-state index >= 15 is 0 Å². The molecule has 0 aromatic heterocycles. The van der Waals surface area contributed by atoms with Crippen LogP contribution in [0.5, 0.6) is 0 Å². The van der Waals surface area contributed by atoms with Crippen LogP contribution in [0.3, 0.4) is 0 Å². The molecule has 2 rings (SSSR count). The Morgan fingerprint density at radius 3 is 2.67 bits per heavy atom. The van der Waals surface area contributed by atoms with Crippen LogP contribution in [0.1, 0.15) is 32.1 Å². The number of unbranched alkanes of at least 4 members (excludes halogenated alkanes) is 1. The highest BCUT2D eigenvalue weighted by Crippen LogP contribution is 2.29. The fraction of sp³-hybridized carbons (Fsp3) is 1.00. The minimum Gasteiger partial charge on any atom is -0.320 e. The van der Waals surface area contributed by atoms with Crippen LogP contribution in [0.15, 0.2) is 0 Å². The molecule has 1 aliphatic heterocycles. The molecular weight excluding hydrogens is 186 g/mol. The van der Waals surface area contributed by atoms with Gasteiger partial charge in [-0.05, 0) is 52.2 Å². The lowest BCUT2D eigenvalue weighted by Gasteiger charge is -2.15. The Kier molecular flexibility index (Phi) is 4.42. The molecule has 88 valence electrons. The molecule has 2 fully saturated rings. The monoisotopic (exact) mass is 211 g/mol. The first-order valence-corrected chi connectivity index (χ1v) is 6.52. The van der Waals surface area contributed by atoms with Gasteiger partial charge in [-0.25, -0.2) is 0 Å². The number of nitrogens with one attached hydrogen (secondary N) is 2. The van der Waals surface area contributed by atoms with Crippen molar-refractivity contribution in [1.82, 2.24) is 15.5 Å². The third-order valence-electron chi connectivity index (χ3n) is 3.57. The van der Waals surface area contributed by atoms with Gasteiger partial charge in [-0.1, -0.05) is 0 Å². The summed E-state index contributed by atoms with van der Waals surface area (Å²) in [4.78, 5) is 2.67. The molecule has 1 aliphatic carbocycles. The predicted octanol–water partition coefficient (Wildman–Crippen LogP) is 0.812. The lowest BCUT2D eigenvalue weighted by molar-refractivity contribution is 0.317. The largest absolute Gasteiger partial charge is 0.320 e. The maximum Gasteiger partial charge on any atom is 0.0207 e.